The fraction of sp³-hybridized carbons (Fsp3) is 0.294. The third-order valence-electron chi connectivity index (χ3n) is 3.18. The molecule has 0 aliphatic heterocycles. The molecule has 0 aliphatic rings. The van der Waals surface area contributed by atoms with Gasteiger partial charge in [-0.05, 0) is 49.0 Å². The van der Waals surface area contributed by atoms with Crippen LogP contribution in [0.2, 0.25) is 0 Å². The molecule has 0 aromatic heterocycles. The Balaban J connectivity index is 2.08. The van der Waals surface area contributed by atoms with Crippen molar-refractivity contribution in [3.63, 3.8) is 0 Å². The zero-order valence-corrected chi connectivity index (χ0v) is 12.7. The van der Waals surface area contributed by atoms with Crippen LogP contribution in [0, 0.1) is 0 Å². The SMILES string of the molecule is CNCc1ccc(OC)c(COc2ccc(OC)cc2)c1. The molecule has 0 saturated carbocycles. The van der Waals surface area contributed by atoms with Gasteiger partial charge in [0.1, 0.15) is 23.9 Å². The summed E-state index contributed by atoms with van der Waals surface area (Å²) in [5.74, 6) is 2.45. The average molecular weight is 287 g/mol. The van der Waals surface area contributed by atoms with Crippen LogP contribution in [-0.4, -0.2) is 21.3 Å². The highest BCUT2D eigenvalue weighted by Crippen LogP contribution is 2.23. The molecular weight excluding hydrogens is 266 g/mol. The smallest absolute Gasteiger partial charge is 0.125 e. The zero-order chi connectivity index (χ0) is 15.1. The van der Waals surface area contributed by atoms with Crippen LogP contribution in [0.3, 0.4) is 0 Å². The summed E-state index contributed by atoms with van der Waals surface area (Å²) in [7, 11) is 5.25. The van der Waals surface area contributed by atoms with Crippen molar-refractivity contribution in [2.45, 2.75) is 13.2 Å². The Morgan fingerprint density at radius 3 is 2.24 bits per heavy atom. The highest BCUT2D eigenvalue weighted by molar-refractivity contribution is 5.38. The molecule has 112 valence electrons. The van der Waals surface area contributed by atoms with Crippen LogP contribution in [0.1, 0.15) is 11.1 Å². The summed E-state index contributed by atoms with van der Waals surface area (Å²) < 4.78 is 16.3. The van der Waals surface area contributed by atoms with E-state index in [1.54, 1.807) is 14.2 Å². The van der Waals surface area contributed by atoms with E-state index in [-0.39, 0.29) is 0 Å². The molecule has 0 heterocycles. The molecule has 1 N–H and O–H groups in total. The lowest BCUT2D eigenvalue weighted by Gasteiger charge is -2.12. The number of methoxy groups -OCH3 is 2. The molecule has 21 heavy (non-hydrogen) atoms. The number of hydrogen-bond donors (Lipinski definition) is 1. The van der Waals surface area contributed by atoms with Crippen LogP contribution < -0.4 is 19.5 Å². The minimum atomic E-state index is 0.465. The Bertz CT molecular complexity index is 567. The standard InChI is InChI=1S/C17H21NO3/c1-18-11-13-4-9-17(20-3)14(10-13)12-21-16-7-5-15(19-2)6-8-16/h4-10,18H,11-12H2,1-3H3. The third-order valence-corrected chi connectivity index (χ3v) is 3.18. The normalized spacial score (nSPS) is 10.2. The highest BCUT2D eigenvalue weighted by Gasteiger charge is 2.06. The van der Waals surface area contributed by atoms with Crippen molar-refractivity contribution >= 4 is 0 Å². The van der Waals surface area contributed by atoms with Gasteiger partial charge < -0.3 is 19.5 Å². The van der Waals surface area contributed by atoms with Gasteiger partial charge in [-0.15, -0.1) is 0 Å². The van der Waals surface area contributed by atoms with E-state index in [2.05, 4.69) is 11.4 Å². The quantitative estimate of drug-likeness (QED) is 0.850. The summed E-state index contributed by atoms with van der Waals surface area (Å²) in [6.45, 7) is 1.28. The van der Waals surface area contributed by atoms with Gasteiger partial charge >= 0.3 is 0 Å². The average Bonchev–Trinajstić information content (AvgIpc) is 2.54. The molecule has 4 nitrogen and oxygen atoms in total. The van der Waals surface area contributed by atoms with Crippen LogP contribution in [0.5, 0.6) is 17.2 Å². The summed E-state index contributed by atoms with van der Waals surface area (Å²) in [5, 5.41) is 3.14. The van der Waals surface area contributed by atoms with Crippen molar-refractivity contribution in [2.75, 3.05) is 21.3 Å². The van der Waals surface area contributed by atoms with Crippen LogP contribution >= 0.6 is 0 Å². The van der Waals surface area contributed by atoms with Crippen molar-refractivity contribution in [3.05, 3.63) is 53.6 Å². The van der Waals surface area contributed by atoms with Crippen LogP contribution in [0.25, 0.3) is 0 Å². The second-order valence-corrected chi connectivity index (χ2v) is 4.64. The second-order valence-electron chi connectivity index (χ2n) is 4.64. The topological polar surface area (TPSA) is 39.7 Å². The molecule has 0 unspecified atom stereocenters. The van der Waals surface area contributed by atoms with Crippen LogP contribution in [0.15, 0.2) is 42.5 Å². The van der Waals surface area contributed by atoms with Gasteiger partial charge in [-0.1, -0.05) is 6.07 Å². The molecule has 2 rings (SSSR count). The summed E-state index contributed by atoms with van der Waals surface area (Å²) >= 11 is 0. The van der Waals surface area contributed by atoms with E-state index >= 15 is 0 Å². The second kappa shape index (κ2) is 7.55. The summed E-state index contributed by atoms with van der Waals surface area (Å²) in [5.41, 5.74) is 2.23. The Hall–Kier alpha value is -2.20. The molecule has 2 aromatic carbocycles. The van der Waals surface area contributed by atoms with Gasteiger partial charge in [0.25, 0.3) is 0 Å². The van der Waals surface area contributed by atoms with Crippen molar-refractivity contribution in [1.82, 2.24) is 5.32 Å². The molecule has 0 aliphatic carbocycles. The van der Waals surface area contributed by atoms with Gasteiger partial charge in [0.2, 0.25) is 0 Å². The first-order chi connectivity index (χ1) is 10.3. The maximum Gasteiger partial charge on any atom is 0.125 e. The Morgan fingerprint density at radius 2 is 1.62 bits per heavy atom. The molecule has 0 bridgehead atoms. The number of ether oxygens (including phenoxy) is 3. The maximum atomic E-state index is 5.81. The summed E-state index contributed by atoms with van der Waals surface area (Å²) in [4.78, 5) is 0. The van der Waals surface area contributed by atoms with E-state index in [9.17, 15) is 0 Å². The summed E-state index contributed by atoms with van der Waals surface area (Å²) in [6.07, 6.45) is 0. The molecule has 2 aromatic rings. The van der Waals surface area contributed by atoms with Gasteiger partial charge in [-0.2, -0.15) is 0 Å². The Morgan fingerprint density at radius 1 is 0.905 bits per heavy atom. The minimum absolute atomic E-state index is 0.465. The van der Waals surface area contributed by atoms with Gasteiger partial charge in [-0.3, -0.25) is 0 Å². The summed E-state index contributed by atoms with van der Waals surface area (Å²) in [6, 6.07) is 13.7. The molecule has 0 radical (unpaired) electrons. The van der Waals surface area contributed by atoms with Crippen LogP contribution in [-0.2, 0) is 13.2 Å². The highest BCUT2D eigenvalue weighted by atomic mass is 16.5. The number of rotatable bonds is 7. The molecule has 0 atom stereocenters. The van der Waals surface area contributed by atoms with Gasteiger partial charge in [0, 0.05) is 12.1 Å². The first kappa shape index (κ1) is 15.2. The van der Waals surface area contributed by atoms with Crippen molar-refractivity contribution in [1.29, 1.82) is 0 Å². The predicted octanol–water partition coefficient (Wildman–Crippen LogP) is 3.00. The Labute approximate surface area is 125 Å². The van der Waals surface area contributed by atoms with Gasteiger partial charge in [-0.25, -0.2) is 0 Å². The monoisotopic (exact) mass is 287 g/mol. The van der Waals surface area contributed by atoms with Crippen LogP contribution in [0.4, 0.5) is 0 Å². The first-order valence-corrected chi connectivity index (χ1v) is 6.84. The van der Waals surface area contributed by atoms with Gasteiger partial charge in [0.15, 0.2) is 0 Å². The molecule has 0 fully saturated rings. The van der Waals surface area contributed by atoms with Crippen molar-refractivity contribution in [3.8, 4) is 17.2 Å². The van der Waals surface area contributed by atoms with Crippen molar-refractivity contribution < 1.29 is 14.2 Å². The molecule has 0 amide bonds. The number of nitrogens with one attached hydrogen (secondary N) is 1. The fourth-order valence-corrected chi connectivity index (χ4v) is 2.09. The lowest BCUT2D eigenvalue weighted by atomic mass is 10.1. The van der Waals surface area contributed by atoms with Crippen molar-refractivity contribution in [2.24, 2.45) is 0 Å². The first-order valence-electron chi connectivity index (χ1n) is 6.84. The lowest BCUT2D eigenvalue weighted by Crippen LogP contribution is -2.06. The Kier molecular flexibility index (Phi) is 5.46. The van der Waals surface area contributed by atoms with Gasteiger partial charge in [0.05, 0.1) is 14.2 Å². The maximum absolute atomic E-state index is 5.81. The van der Waals surface area contributed by atoms with E-state index in [0.29, 0.717) is 6.61 Å². The molecule has 0 spiro atoms. The number of hydrogen-bond acceptors (Lipinski definition) is 4. The number of benzene rings is 2. The van der Waals surface area contributed by atoms with E-state index < -0.39 is 0 Å². The molecule has 0 saturated heterocycles. The van der Waals surface area contributed by atoms with E-state index in [4.69, 9.17) is 14.2 Å². The molecule has 4 heteroatoms. The third kappa shape index (κ3) is 4.13. The fourth-order valence-electron chi connectivity index (χ4n) is 2.09. The van der Waals surface area contributed by atoms with E-state index in [1.165, 1.54) is 5.56 Å². The zero-order valence-electron chi connectivity index (χ0n) is 12.7. The predicted molar refractivity (Wildman–Crippen MR) is 83.1 cm³/mol. The van der Waals surface area contributed by atoms with E-state index in [0.717, 1.165) is 29.4 Å². The largest absolute Gasteiger partial charge is 0.497 e. The lowest BCUT2D eigenvalue weighted by molar-refractivity contribution is 0.296. The minimum Gasteiger partial charge on any atom is -0.497 e. The van der Waals surface area contributed by atoms with E-state index in [1.807, 2.05) is 43.4 Å². The molecular formula is C17H21NO3.